The van der Waals surface area contributed by atoms with E-state index >= 15 is 0 Å². The highest BCUT2D eigenvalue weighted by molar-refractivity contribution is 6.30. The minimum atomic E-state index is -0.194. The Morgan fingerprint density at radius 3 is 2.68 bits per heavy atom. The maximum atomic E-state index is 12.5. The average molecular weight is 440 g/mol. The van der Waals surface area contributed by atoms with Crippen LogP contribution in [0.5, 0.6) is 11.5 Å². The fourth-order valence-electron chi connectivity index (χ4n) is 4.59. The SMILES string of the molecule is CCOC(=O)C[C@H]1C[C@@H](c2cccc(OC)c2OC)c2cc(Cl)ccc2-n2cccc21. The van der Waals surface area contributed by atoms with E-state index in [1.807, 2.05) is 49.5 Å². The minimum absolute atomic E-state index is 0.0267. The Bertz CT molecular complexity index is 1090. The smallest absolute Gasteiger partial charge is 0.306 e. The van der Waals surface area contributed by atoms with E-state index in [2.05, 4.69) is 16.7 Å². The molecule has 2 aromatic carbocycles. The highest BCUT2D eigenvalue weighted by Crippen LogP contribution is 2.48. The van der Waals surface area contributed by atoms with Gasteiger partial charge in [-0.3, -0.25) is 4.79 Å². The molecule has 0 saturated heterocycles. The Kier molecular flexibility index (Phi) is 6.23. The van der Waals surface area contributed by atoms with Crippen molar-refractivity contribution in [1.82, 2.24) is 4.57 Å². The van der Waals surface area contributed by atoms with Crippen LogP contribution in [0.25, 0.3) is 5.69 Å². The van der Waals surface area contributed by atoms with Gasteiger partial charge in [0.25, 0.3) is 0 Å². The summed E-state index contributed by atoms with van der Waals surface area (Å²) in [7, 11) is 3.28. The van der Waals surface area contributed by atoms with Crippen molar-refractivity contribution in [1.29, 1.82) is 0 Å². The van der Waals surface area contributed by atoms with Crippen molar-refractivity contribution in [2.24, 2.45) is 0 Å². The van der Waals surface area contributed by atoms with E-state index in [0.29, 0.717) is 36.0 Å². The molecule has 1 aromatic heterocycles. The van der Waals surface area contributed by atoms with Crippen molar-refractivity contribution in [2.45, 2.75) is 31.6 Å². The van der Waals surface area contributed by atoms with Gasteiger partial charge in [0.2, 0.25) is 0 Å². The van der Waals surface area contributed by atoms with Crippen molar-refractivity contribution in [3.63, 3.8) is 0 Å². The van der Waals surface area contributed by atoms with Gasteiger partial charge in [0.1, 0.15) is 0 Å². The first-order valence-electron chi connectivity index (χ1n) is 10.4. The van der Waals surface area contributed by atoms with Crippen LogP contribution < -0.4 is 9.47 Å². The minimum Gasteiger partial charge on any atom is -0.493 e. The van der Waals surface area contributed by atoms with E-state index < -0.39 is 0 Å². The Morgan fingerprint density at radius 2 is 1.94 bits per heavy atom. The summed E-state index contributed by atoms with van der Waals surface area (Å²) < 4.78 is 18.8. The number of fused-ring (bicyclic) bond motifs is 3. The zero-order valence-corrected chi connectivity index (χ0v) is 18.7. The number of hydrogen-bond acceptors (Lipinski definition) is 4. The Balaban J connectivity index is 1.90. The Morgan fingerprint density at radius 1 is 1.10 bits per heavy atom. The number of benzene rings is 2. The molecule has 0 amide bonds. The molecule has 0 fully saturated rings. The van der Waals surface area contributed by atoms with Crippen molar-refractivity contribution in [3.05, 3.63) is 76.6 Å². The van der Waals surface area contributed by atoms with E-state index in [4.69, 9.17) is 25.8 Å². The van der Waals surface area contributed by atoms with Gasteiger partial charge in [0.15, 0.2) is 11.5 Å². The maximum Gasteiger partial charge on any atom is 0.306 e. The van der Waals surface area contributed by atoms with Crippen LogP contribution >= 0.6 is 11.6 Å². The third-order valence-corrected chi connectivity index (χ3v) is 6.11. The number of nitrogens with zero attached hydrogens (tertiary/aromatic N) is 1. The number of carbonyl (C=O) groups excluding carboxylic acids is 1. The molecule has 1 aliphatic heterocycles. The molecule has 4 rings (SSSR count). The second-order valence-corrected chi connectivity index (χ2v) is 8.02. The average Bonchev–Trinajstić information content (AvgIpc) is 3.21. The van der Waals surface area contributed by atoms with Gasteiger partial charge in [-0.05, 0) is 55.3 Å². The van der Waals surface area contributed by atoms with E-state index in [9.17, 15) is 4.79 Å². The standard InChI is InChI=1S/C25H26ClNO4/c1-4-31-24(28)14-16-13-19(18-7-5-9-23(29-2)25(18)30-3)20-15-17(26)10-11-22(20)27-12-6-8-21(16)27/h5-12,15-16,19H,4,13-14H2,1-3H3/t16-,19+/m1/s1. The lowest BCUT2D eigenvalue weighted by molar-refractivity contribution is -0.143. The van der Waals surface area contributed by atoms with Crippen LogP contribution in [-0.2, 0) is 9.53 Å². The van der Waals surface area contributed by atoms with Crippen molar-refractivity contribution in [2.75, 3.05) is 20.8 Å². The van der Waals surface area contributed by atoms with Crippen LogP contribution in [0.15, 0.2) is 54.7 Å². The summed E-state index contributed by atoms with van der Waals surface area (Å²) in [6.07, 6.45) is 3.05. The van der Waals surface area contributed by atoms with Crippen LogP contribution in [0.4, 0.5) is 0 Å². The van der Waals surface area contributed by atoms with E-state index in [-0.39, 0.29) is 17.8 Å². The summed E-state index contributed by atoms with van der Waals surface area (Å²) >= 11 is 6.44. The number of para-hydroxylation sites is 1. The number of methoxy groups -OCH3 is 2. The van der Waals surface area contributed by atoms with Crippen LogP contribution in [-0.4, -0.2) is 31.4 Å². The lowest BCUT2D eigenvalue weighted by Gasteiger charge is -2.24. The number of ether oxygens (including phenoxy) is 3. The highest BCUT2D eigenvalue weighted by Gasteiger charge is 2.33. The van der Waals surface area contributed by atoms with Crippen LogP contribution in [0.1, 0.15) is 48.4 Å². The zero-order chi connectivity index (χ0) is 22.0. The fourth-order valence-corrected chi connectivity index (χ4v) is 4.77. The number of rotatable bonds is 6. The first kappa shape index (κ1) is 21.3. The van der Waals surface area contributed by atoms with Gasteiger partial charge >= 0.3 is 5.97 Å². The molecule has 0 unspecified atom stereocenters. The van der Waals surface area contributed by atoms with Gasteiger partial charge in [-0.15, -0.1) is 0 Å². The van der Waals surface area contributed by atoms with Gasteiger partial charge in [-0.1, -0.05) is 23.7 Å². The molecule has 162 valence electrons. The predicted molar refractivity (Wildman–Crippen MR) is 121 cm³/mol. The zero-order valence-electron chi connectivity index (χ0n) is 17.9. The molecule has 6 heteroatoms. The first-order valence-corrected chi connectivity index (χ1v) is 10.8. The number of halogens is 1. The molecule has 5 nitrogen and oxygen atoms in total. The number of hydrogen-bond donors (Lipinski definition) is 0. The summed E-state index contributed by atoms with van der Waals surface area (Å²) in [6.45, 7) is 2.20. The van der Waals surface area contributed by atoms with Gasteiger partial charge in [0, 0.05) is 40.0 Å². The van der Waals surface area contributed by atoms with E-state index in [1.165, 1.54) is 0 Å². The Hall–Kier alpha value is -2.92. The fraction of sp³-hybridized carbons (Fsp3) is 0.320. The molecular formula is C25H26ClNO4. The molecule has 0 saturated carbocycles. The van der Waals surface area contributed by atoms with Gasteiger partial charge in [-0.25, -0.2) is 0 Å². The van der Waals surface area contributed by atoms with Crippen LogP contribution in [0.3, 0.4) is 0 Å². The topological polar surface area (TPSA) is 49.7 Å². The second-order valence-electron chi connectivity index (χ2n) is 7.58. The van der Waals surface area contributed by atoms with E-state index in [1.54, 1.807) is 14.2 Å². The van der Waals surface area contributed by atoms with Gasteiger partial charge in [0.05, 0.1) is 27.2 Å². The molecule has 0 bridgehead atoms. The monoisotopic (exact) mass is 439 g/mol. The second kappa shape index (κ2) is 9.06. The third kappa shape index (κ3) is 4.02. The van der Waals surface area contributed by atoms with E-state index in [0.717, 1.165) is 22.5 Å². The Labute approximate surface area is 187 Å². The molecule has 0 N–H and O–H groups in total. The normalized spacial score (nSPS) is 17.3. The summed E-state index contributed by atoms with van der Waals surface area (Å²) in [5, 5.41) is 0.670. The van der Waals surface area contributed by atoms with Crippen molar-refractivity contribution < 1.29 is 19.0 Å². The molecule has 2 atom stereocenters. The van der Waals surface area contributed by atoms with Gasteiger partial charge in [-0.2, -0.15) is 0 Å². The summed E-state index contributed by atoms with van der Waals surface area (Å²) in [4.78, 5) is 12.5. The summed E-state index contributed by atoms with van der Waals surface area (Å²) in [6, 6.07) is 15.9. The van der Waals surface area contributed by atoms with Crippen LogP contribution in [0.2, 0.25) is 5.02 Å². The van der Waals surface area contributed by atoms with Crippen molar-refractivity contribution >= 4 is 17.6 Å². The van der Waals surface area contributed by atoms with Crippen LogP contribution in [0, 0.1) is 0 Å². The molecule has 31 heavy (non-hydrogen) atoms. The number of aromatic nitrogens is 1. The maximum absolute atomic E-state index is 12.5. The highest BCUT2D eigenvalue weighted by atomic mass is 35.5. The molecule has 3 aromatic rings. The number of esters is 1. The third-order valence-electron chi connectivity index (χ3n) is 5.87. The largest absolute Gasteiger partial charge is 0.493 e. The first-order chi connectivity index (χ1) is 15.1. The quantitative estimate of drug-likeness (QED) is 0.461. The van der Waals surface area contributed by atoms with Gasteiger partial charge < -0.3 is 18.8 Å². The predicted octanol–water partition coefficient (Wildman–Crippen LogP) is 5.72. The number of carbonyl (C=O) groups is 1. The summed E-state index contributed by atoms with van der Waals surface area (Å²) in [5.74, 6) is 1.11. The summed E-state index contributed by atoms with van der Waals surface area (Å²) in [5.41, 5.74) is 4.22. The molecule has 2 heterocycles. The molecule has 0 radical (unpaired) electrons. The lowest BCUT2D eigenvalue weighted by Crippen LogP contribution is -2.14. The molecule has 1 aliphatic rings. The lowest BCUT2D eigenvalue weighted by atomic mass is 9.81. The molecule has 0 spiro atoms. The molecule has 0 aliphatic carbocycles. The molecular weight excluding hydrogens is 414 g/mol. The van der Waals surface area contributed by atoms with Crippen molar-refractivity contribution in [3.8, 4) is 17.2 Å².